The third-order valence-electron chi connectivity index (χ3n) is 5.93. The molecule has 0 spiro atoms. The lowest BCUT2D eigenvalue weighted by atomic mass is 9.98. The van der Waals surface area contributed by atoms with E-state index in [4.69, 9.17) is 4.74 Å². The van der Waals surface area contributed by atoms with Crippen molar-refractivity contribution in [1.82, 2.24) is 0 Å². The molecule has 1 unspecified atom stereocenters. The van der Waals surface area contributed by atoms with Crippen molar-refractivity contribution in [3.8, 4) is 0 Å². The van der Waals surface area contributed by atoms with Crippen LogP contribution in [0.25, 0.3) is 0 Å². The first kappa shape index (κ1) is 22.0. The smallest absolute Gasteiger partial charge is 0.0914 e. The highest BCUT2D eigenvalue weighted by atomic mass is 16.6. The standard InChI is InChI=1S/C23H46O/c1-3-5-6-7-8-9-10-11-12-13-14-15-16-17-18-19-20-21-23(4-2)22-24-23/h3-22H2,1-2H3. The normalized spacial score (nSPS) is 19.8. The molecule has 1 atom stereocenters. The first-order valence-corrected chi connectivity index (χ1v) is 11.5. The van der Waals surface area contributed by atoms with Crippen molar-refractivity contribution in [3.63, 3.8) is 0 Å². The number of hydrogen-bond acceptors (Lipinski definition) is 1. The Morgan fingerprint density at radius 1 is 0.542 bits per heavy atom. The topological polar surface area (TPSA) is 12.5 Å². The van der Waals surface area contributed by atoms with Crippen molar-refractivity contribution in [2.75, 3.05) is 6.61 Å². The molecule has 144 valence electrons. The largest absolute Gasteiger partial charge is 0.370 e. The van der Waals surface area contributed by atoms with Crippen LogP contribution in [0.1, 0.15) is 136 Å². The zero-order valence-corrected chi connectivity index (χ0v) is 17.1. The Morgan fingerprint density at radius 3 is 1.17 bits per heavy atom. The van der Waals surface area contributed by atoms with Gasteiger partial charge in [-0.05, 0) is 12.8 Å². The molecule has 1 fully saturated rings. The summed E-state index contributed by atoms with van der Waals surface area (Å²) in [4.78, 5) is 0. The monoisotopic (exact) mass is 338 g/mol. The number of rotatable bonds is 19. The maximum Gasteiger partial charge on any atom is 0.0914 e. The van der Waals surface area contributed by atoms with E-state index in [2.05, 4.69) is 13.8 Å². The van der Waals surface area contributed by atoms with E-state index in [1.54, 1.807) is 0 Å². The van der Waals surface area contributed by atoms with Crippen molar-refractivity contribution >= 4 is 0 Å². The minimum absolute atomic E-state index is 0.329. The number of hydrogen-bond donors (Lipinski definition) is 0. The molecule has 0 saturated carbocycles. The molecule has 0 aliphatic carbocycles. The van der Waals surface area contributed by atoms with Gasteiger partial charge in [0.1, 0.15) is 0 Å². The molecule has 0 aromatic carbocycles. The van der Waals surface area contributed by atoms with Crippen LogP contribution in [0.4, 0.5) is 0 Å². The summed E-state index contributed by atoms with van der Waals surface area (Å²) in [5.41, 5.74) is 0.329. The summed E-state index contributed by atoms with van der Waals surface area (Å²) in [5, 5.41) is 0. The molecule has 1 aliphatic heterocycles. The number of ether oxygens (including phenoxy) is 1. The van der Waals surface area contributed by atoms with Crippen LogP contribution >= 0.6 is 0 Å². The summed E-state index contributed by atoms with van der Waals surface area (Å²) >= 11 is 0. The van der Waals surface area contributed by atoms with E-state index in [9.17, 15) is 0 Å². The Bertz CT molecular complexity index is 257. The van der Waals surface area contributed by atoms with Crippen LogP contribution in [0.3, 0.4) is 0 Å². The Kier molecular flexibility index (Phi) is 14.0. The highest BCUT2D eigenvalue weighted by Crippen LogP contribution is 2.36. The molecule has 0 aromatic heterocycles. The van der Waals surface area contributed by atoms with E-state index >= 15 is 0 Å². The summed E-state index contributed by atoms with van der Waals surface area (Å²) in [6.07, 6.45) is 27.3. The van der Waals surface area contributed by atoms with Gasteiger partial charge in [-0.15, -0.1) is 0 Å². The number of unbranched alkanes of at least 4 members (excludes halogenated alkanes) is 16. The molecule has 24 heavy (non-hydrogen) atoms. The predicted molar refractivity (Wildman–Crippen MR) is 108 cm³/mol. The molecule has 0 bridgehead atoms. The first-order chi connectivity index (χ1) is 11.8. The van der Waals surface area contributed by atoms with Crippen LogP contribution in [0.2, 0.25) is 0 Å². The summed E-state index contributed by atoms with van der Waals surface area (Å²) in [7, 11) is 0. The molecule has 1 heterocycles. The van der Waals surface area contributed by atoms with Gasteiger partial charge in [0, 0.05) is 0 Å². The molecule has 1 heteroatoms. The van der Waals surface area contributed by atoms with Gasteiger partial charge >= 0.3 is 0 Å². The summed E-state index contributed by atoms with van der Waals surface area (Å²) in [6.45, 7) is 5.59. The van der Waals surface area contributed by atoms with E-state index in [-0.39, 0.29) is 0 Å². The van der Waals surface area contributed by atoms with Crippen LogP contribution in [-0.4, -0.2) is 12.2 Å². The maximum absolute atomic E-state index is 5.57. The Hall–Kier alpha value is -0.0400. The summed E-state index contributed by atoms with van der Waals surface area (Å²) < 4.78 is 5.57. The second-order valence-corrected chi connectivity index (χ2v) is 8.23. The highest BCUT2D eigenvalue weighted by Gasteiger charge is 2.41. The molecule has 1 aliphatic rings. The number of epoxide rings is 1. The van der Waals surface area contributed by atoms with E-state index in [0.717, 1.165) is 6.61 Å². The molecular formula is C23H46O. The zero-order chi connectivity index (χ0) is 17.3. The third kappa shape index (κ3) is 12.3. The van der Waals surface area contributed by atoms with Crippen LogP contribution in [0.5, 0.6) is 0 Å². The van der Waals surface area contributed by atoms with Crippen molar-refractivity contribution in [3.05, 3.63) is 0 Å². The fraction of sp³-hybridized carbons (Fsp3) is 1.00. The lowest BCUT2D eigenvalue weighted by Crippen LogP contribution is -2.08. The van der Waals surface area contributed by atoms with Gasteiger partial charge in [0.05, 0.1) is 12.2 Å². The van der Waals surface area contributed by atoms with Gasteiger partial charge in [0.15, 0.2) is 0 Å². The lowest BCUT2D eigenvalue weighted by molar-refractivity contribution is 0.274. The van der Waals surface area contributed by atoms with Crippen molar-refractivity contribution in [1.29, 1.82) is 0 Å². The van der Waals surface area contributed by atoms with Crippen molar-refractivity contribution in [2.45, 2.75) is 141 Å². The Labute approximate surface area is 153 Å². The predicted octanol–water partition coefficient (Wildman–Crippen LogP) is 8.21. The molecule has 1 rings (SSSR count). The van der Waals surface area contributed by atoms with Crippen LogP contribution < -0.4 is 0 Å². The Balaban J connectivity index is 1.65. The summed E-state index contributed by atoms with van der Waals surface area (Å²) in [6, 6.07) is 0. The van der Waals surface area contributed by atoms with Crippen LogP contribution in [0.15, 0.2) is 0 Å². The zero-order valence-electron chi connectivity index (χ0n) is 17.1. The van der Waals surface area contributed by atoms with E-state index in [0.29, 0.717) is 5.60 Å². The fourth-order valence-electron chi connectivity index (χ4n) is 3.80. The molecule has 0 N–H and O–H groups in total. The quantitative estimate of drug-likeness (QED) is 0.171. The van der Waals surface area contributed by atoms with Gasteiger partial charge < -0.3 is 4.74 Å². The van der Waals surface area contributed by atoms with E-state index < -0.39 is 0 Å². The Morgan fingerprint density at radius 2 is 0.875 bits per heavy atom. The highest BCUT2D eigenvalue weighted by molar-refractivity contribution is 4.90. The van der Waals surface area contributed by atoms with Gasteiger partial charge in [-0.2, -0.15) is 0 Å². The minimum Gasteiger partial charge on any atom is -0.370 e. The van der Waals surface area contributed by atoms with Gasteiger partial charge in [-0.1, -0.05) is 123 Å². The van der Waals surface area contributed by atoms with Gasteiger partial charge in [-0.3, -0.25) is 0 Å². The van der Waals surface area contributed by atoms with Gasteiger partial charge in [0.2, 0.25) is 0 Å². The molecule has 0 aromatic rings. The van der Waals surface area contributed by atoms with E-state index in [1.165, 1.54) is 122 Å². The van der Waals surface area contributed by atoms with Crippen LogP contribution in [0, 0.1) is 0 Å². The SMILES string of the molecule is CCCCCCCCCCCCCCCCCCCC1(CC)CO1. The minimum atomic E-state index is 0.329. The first-order valence-electron chi connectivity index (χ1n) is 11.5. The fourth-order valence-corrected chi connectivity index (χ4v) is 3.80. The van der Waals surface area contributed by atoms with E-state index in [1.807, 2.05) is 0 Å². The average Bonchev–Trinajstić information content (AvgIpc) is 3.38. The molecule has 0 radical (unpaired) electrons. The third-order valence-corrected chi connectivity index (χ3v) is 5.93. The van der Waals surface area contributed by atoms with Crippen molar-refractivity contribution < 1.29 is 4.74 Å². The maximum atomic E-state index is 5.57. The second kappa shape index (κ2) is 15.2. The lowest BCUT2D eigenvalue weighted by Gasteiger charge is -2.08. The van der Waals surface area contributed by atoms with Gasteiger partial charge in [-0.25, -0.2) is 0 Å². The molecule has 0 amide bonds. The average molecular weight is 339 g/mol. The molecule has 1 nitrogen and oxygen atoms in total. The van der Waals surface area contributed by atoms with Crippen molar-refractivity contribution in [2.24, 2.45) is 0 Å². The molecular weight excluding hydrogens is 292 g/mol. The molecule has 1 saturated heterocycles. The van der Waals surface area contributed by atoms with Crippen LogP contribution in [-0.2, 0) is 4.74 Å². The summed E-state index contributed by atoms with van der Waals surface area (Å²) in [5.74, 6) is 0. The second-order valence-electron chi connectivity index (χ2n) is 8.23. The van der Waals surface area contributed by atoms with Gasteiger partial charge in [0.25, 0.3) is 0 Å².